The van der Waals surface area contributed by atoms with Gasteiger partial charge in [0, 0.05) is 18.7 Å². The number of anilines is 2. The lowest BCUT2D eigenvalue weighted by atomic mass is 9.91. The van der Waals surface area contributed by atoms with Crippen molar-refractivity contribution >= 4 is 58.5 Å². The molecule has 1 atom stereocenters. The van der Waals surface area contributed by atoms with Crippen LogP contribution in [0.2, 0.25) is 10.0 Å². The molecule has 0 bridgehead atoms. The fourth-order valence-corrected chi connectivity index (χ4v) is 7.34. The van der Waals surface area contributed by atoms with Gasteiger partial charge in [-0.15, -0.1) is 13.2 Å². The molecule has 12 nitrogen and oxygen atoms in total. The number of fused-ring (bicyclic) bond motifs is 1. The van der Waals surface area contributed by atoms with Crippen LogP contribution in [0.15, 0.2) is 60.9 Å². The van der Waals surface area contributed by atoms with Gasteiger partial charge in [0.05, 0.1) is 38.7 Å². The Morgan fingerprint density at radius 2 is 1.60 bits per heavy atom. The second kappa shape index (κ2) is 12.9. The predicted octanol–water partition coefficient (Wildman–Crippen LogP) is 6.22. The number of alkyl halides is 3. The van der Waals surface area contributed by atoms with Crippen LogP contribution < -0.4 is 25.6 Å². The molecule has 4 aliphatic rings. The number of carbonyl (C=O) groups is 4. The van der Waals surface area contributed by atoms with Gasteiger partial charge in [0.2, 0.25) is 11.9 Å². The van der Waals surface area contributed by atoms with Crippen molar-refractivity contribution < 1.29 is 41.5 Å². The molecule has 0 unspecified atom stereocenters. The highest BCUT2D eigenvalue weighted by molar-refractivity contribution is 6.35. The molecule has 3 aliphatic carbocycles. The summed E-state index contributed by atoms with van der Waals surface area (Å²) in [5.74, 6) is -3.39. The quantitative estimate of drug-likeness (QED) is 0.121. The van der Waals surface area contributed by atoms with Gasteiger partial charge in [0.1, 0.15) is 22.5 Å². The Balaban J connectivity index is 1.06. The van der Waals surface area contributed by atoms with Crippen molar-refractivity contribution in [2.24, 2.45) is 0 Å². The molecule has 55 heavy (non-hydrogen) atoms. The van der Waals surface area contributed by atoms with Gasteiger partial charge < -0.3 is 20.7 Å². The van der Waals surface area contributed by atoms with Crippen molar-refractivity contribution in [1.82, 2.24) is 30.5 Å². The second-order valence-corrected chi connectivity index (χ2v) is 15.4. The van der Waals surface area contributed by atoms with E-state index < -0.39 is 52.3 Å². The topological polar surface area (TPSA) is 148 Å². The molecule has 3 saturated carbocycles. The zero-order chi connectivity index (χ0) is 39.1. The van der Waals surface area contributed by atoms with E-state index in [0.29, 0.717) is 42.5 Å². The first-order valence-corrected chi connectivity index (χ1v) is 18.1. The van der Waals surface area contributed by atoms with Crippen molar-refractivity contribution in [2.75, 3.05) is 4.90 Å². The molecule has 8 rings (SSSR count). The molecule has 18 heteroatoms. The number of halogens is 6. The summed E-state index contributed by atoms with van der Waals surface area (Å²) < 4.78 is 58.2. The SMILES string of the molecule is C[C@@]1(Cc2ccc(OC(F)(F)F)cc2)C(=O)N(c2cc(Cl)c(F)c(Cl)c2)c2ncc(C(=O)NC3(C(=O)NC4(c5ccc(C(=O)NC6CC6)cn5)CC4)CC3)n21. The first-order valence-electron chi connectivity index (χ1n) is 17.4. The lowest BCUT2D eigenvalue weighted by molar-refractivity contribution is -0.274. The average Bonchev–Trinajstić information content (AvgIpc) is 4.08. The highest BCUT2D eigenvalue weighted by Crippen LogP contribution is 2.48. The number of imidazole rings is 1. The number of nitrogens with zero attached hydrogens (tertiary/aromatic N) is 4. The Bertz CT molecular complexity index is 2230. The first kappa shape index (κ1) is 36.7. The van der Waals surface area contributed by atoms with Crippen LogP contribution in [0.3, 0.4) is 0 Å². The standard InChI is InChI=1S/C37H31Cl2F4N7O5/c1-34(16-19-2-7-23(8-3-19)55-37(41,42)43)32(54)49(22-14-24(38)28(40)25(39)15-22)33-45-18-26(50(33)34)30(52)47-36(12-13-36)31(53)48-35(10-11-35)27-9-4-20(17-44-27)29(51)46-21-5-6-21/h2-4,7-9,14-15,17-18,21H,5-6,10-13,16H2,1H3,(H,46,51)(H,47,52)(H,48,53)/t34-/m1/s1. The number of ether oxygens (including phenoxy) is 1. The molecule has 286 valence electrons. The number of pyridine rings is 1. The highest BCUT2D eigenvalue weighted by atomic mass is 35.5. The molecule has 2 aromatic carbocycles. The number of nitrogens with one attached hydrogen (secondary N) is 3. The van der Waals surface area contributed by atoms with Crippen LogP contribution in [-0.4, -0.2) is 56.1 Å². The van der Waals surface area contributed by atoms with E-state index >= 15 is 0 Å². The minimum absolute atomic E-state index is 0.0417. The second-order valence-electron chi connectivity index (χ2n) is 14.5. The monoisotopic (exact) mass is 799 g/mol. The fourth-order valence-electron chi connectivity index (χ4n) is 6.87. The molecule has 3 heterocycles. The predicted molar refractivity (Wildman–Crippen MR) is 189 cm³/mol. The molecule has 1 aliphatic heterocycles. The molecule has 3 N–H and O–H groups in total. The van der Waals surface area contributed by atoms with Crippen LogP contribution in [0.4, 0.5) is 29.2 Å². The lowest BCUT2D eigenvalue weighted by Crippen LogP contribution is -2.52. The Morgan fingerprint density at radius 3 is 2.16 bits per heavy atom. The Hall–Kier alpha value is -5.22. The smallest absolute Gasteiger partial charge is 0.406 e. The van der Waals surface area contributed by atoms with Crippen molar-refractivity contribution in [3.05, 3.63) is 99.3 Å². The molecular weight excluding hydrogens is 769 g/mol. The third-order valence-corrected chi connectivity index (χ3v) is 10.9. The van der Waals surface area contributed by atoms with Crippen LogP contribution in [0.1, 0.15) is 77.6 Å². The van der Waals surface area contributed by atoms with Gasteiger partial charge >= 0.3 is 6.36 Å². The van der Waals surface area contributed by atoms with Crippen LogP contribution >= 0.6 is 23.2 Å². The molecule has 3 fully saturated rings. The molecule has 4 amide bonds. The number of carbonyl (C=O) groups excluding carboxylic acids is 4. The van der Waals surface area contributed by atoms with E-state index in [1.807, 2.05) is 0 Å². The van der Waals surface area contributed by atoms with Gasteiger partial charge in [0.25, 0.3) is 17.7 Å². The van der Waals surface area contributed by atoms with E-state index in [-0.39, 0.29) is 45.7 Å². The summed E-state index contributed by atoms with van der Waals surface area (Å²) >= 11 is 12.2. The number of hydrogen-bond acceptors (Lipinski definition) is 7. The minimum Gasteiger partial charge on any atom is -0.406 e. The zero-order valence-electron chi connectivity index (χ0n) is 28.9. The van der Waals surface area contributed by atoms with Gasteiger partial charge in [-0.2, -0.15) is 0 Å². The maximum absolute atomic E-state index is 14.4. The minimum atomic E-state index is -4.91. The van der Waals surface area contributed by atoms with E-state index in [2.05, 4.69) is 30.7 Å². The van der Waals surface area contributed by atoms with Gasteiger partial charge in [0.15, 0.2) is 5.82 Å². The molecule has 0 saturated heterocycles. The number of aromatic nitrogens is 3. The zero-order valence-corrected chi connectivity index (χ0v) is 30.4. The summed E-state index contributed by atoms with van der Waals surface area (Å²) in [5, 5.41) is 8.07. The maximum atomic E-state index is 14.4. The van der Waals surface area contributed by atoms with Gasteiger partial charge in [-0.25, -0.2) is 14.3 Å². The van der Waals surface area contributed by atoms with E-state index in [0.717, 1.165) is 29.9 Å². The van der Waals surface area contributed by atoms with Crippen LogP contribution in [-0.2, 0) is 27.1 Å². The van der Waals surface area contributed by atoms with E-state index in [1.54, 1.807) is 12.1 Å². The third kappa shape index (κ3) is 6.86. The summed E-state index contributed by atoms with van der Waals surface area (Å²) in [5.41, 5.74) is -2.28. The lowest BCUT2D eigenvalue weighted by Gasteiger charge is -2.27. The van der Waals surface area contributed by atoms with Crippen molar-refractivity contribution in [3.8, 4) is 5.75 Å². The Kier molecular flexibility index (Phi) is 8.64. The molecule has 2 aromatic heterocycles. The number of benzene rings is 2. The van der Waals surface area contributed by atoms with Gasteiger partial charge in [-0.1, -0.05) is 35.3 Å². The van der Waals surface area contributed by atoms with Crippen LogP contribution in [0.25, 0.3) is 0 Å². The van der Waals surface area contributed by atoms with Crippen LogP contribution in [0, 0.1) is 5.82 Å². The third-order valence-electron chi connectivity index (χ3n) is 10.3. The summed E-state index contributed by atoms with van der Waals surface area (Å²) in [4.78, 5) is 64.8. The Labute approximate surface area is 320 Å². The van der Waals surface area contributed by atoms with Crippen LogP contribution in [0.5, 0.6) is 5.75 Å². The highest BCUT2D eigenvalue weighted by Gasteiger charge is 2.57. The number of hydrogen-bond donors (Lipinski definition) is 3. The van der Waals surface area contributed by atoms with Gasteiger partial charge in [-0.05, 0) is 87.4 Å². The van der Waals surface area contributed by atoms with Crippen molar-refractivity contribution in [1.29, 1.82) is 0 Å². The summed E-state index contributed by atoms with van der Waals surface area (Å²) in [6.45, 7) is 1.52. The maximum Gasteiger partial charge on any atom is 0.573 e. The van der Waals surface area contributed by atoms with E-state index in [9.17, 15) is 36.7 Å². The number of amides is 4. The van der Waals surface area contributed by atoms with Crippen molar-refractivity contribution in [2.45, 2.75) is 80.9 Å². The van der Waals surface area contributed by atoms with Gasteiger partial charge in [-0.3, -0.25) is 28.7 Å². The summed E-state index contributed by atoms with van der Waals surface area (Å²) in [7, 11) is 0. The van der Waals surface area contributed by atoms with E-state index in [4.69, 9.17) is 23.2 Å². The molecular formula is C37H31Cl2F4N7O5. The Morgan fingerprint density at radius 1 is 0.927 bits per heavy atom. The summed E-state index contributed by atoms with van der Waals surface area (Å²) in [6, 6.07) is 10.8. The summed E-state index contributed by atoms with van der Waals surface area (Å²) in [6.07, 6.45) is 1.44. The molecule has 0 spiro atoms. The largest absolute Gasteiger partial charge is 0.573 e. The van der Waals surface area contributed by atoms with E-state index in [1.165, 1.54) is 48.1 Å². The normalized spacial score (nSPS) is 20.4. The first-order chi connectivity index (χ1) is 26.0. The fraction of sp³-hybridized carbons (Fsp3) is 0.351. The average molecular weight is 801 g/mol. The molecule has 4 aromatic rings. The number of rotatable bonds is 11. The molecule has 0 radical (unpaired) electrons. The van der Waals surface area contributed by atoms with Crippen molar-refractivity contribution in [3.63, 3.8) is 0 Å².